The maximum absolute atomic E-state index is 11.7. The molecule has 5 nitrogen and oxygen atoms in total. The zero-order valence-electron chi connectivity index (χ0n) is 12.1. The van der Waals surface area contributed by atoms with E-state index in [1.165, 1.54) is 5.56 Å². The van der Waals surface area contributed by atoms with Crippen LogP contribution in [0, 0.1) is 0 Å². The van der Waals surface area contributed by atoms with Crippen LogP contribution in [-0.2, 0) is 14.6 Å². The molecular formula is C15H21NO4S. The van der Waals surface area contributed by atoms with Crippen LogP contribution < -0.4 is 0 Å². The van der Waals surface area contributed by atoms with Gasteiger partial charge in [-0.25, -0.2) is 8.42 Å². The van der Waals surface area contributed by atoms with Gasteiger partial charge in [0.1, 0.15) is 0 Å². The van der Waals surface area contributed by atoms with Crippen LogP contribution in [0.4, 0.5) is 0 Å². The van der Waals surface area contributed by atoms with E-state index in [1.54, 1.807) is 0 Å². The predicted octanol–water partition coefficient (Wildman–Crippen LogP) is 1.36. The van der Waals surface area contributed by atoms with Gasteiger partial charge in [-0.1, -0.05) is 37.3 Å². The summed E-state index contributed by atoms with van der Waals surface area (Å²) in [5.74, 6) is -0.649. The van der Waals surface area contributed by atoms with Crippen LogP contribution in [0.1, 0.15) is 24.8 Å². The maximum atomic E-state index is 11.7. The number of hydrogen-bond acceptors (Lipinski definition) is 4. The Labute approximate surface area is 125 Å². The van der Waals surface area contributed by atoms with E-state index in [0.717, 1.165) is 0 Å². The first-order chi connectivity index (χ1) is 9.87. The molecular weight excluding hydrogens is 290 g/mol. The fraction of sp³-hybridized carbons (Fsp3) is 0.533. The molecule has 6 heteroatoms. The van der Waals surface area contributed by atoms with Crippen molar-refractivity contribution < 1.29 is 18.3 Å². The van der Waals surface area contributed by atoms with Gasteiger partial charge in [-0.2, -0.15) is 0 Å². The standard InChI is InChI=1S/C15H21NO4S/c1-12(13-5-3-2-4-6-13)10-16-7-8-21(19,20)11-14(16)9-15(17)18/h2-6,12,14H,7-11H2,1H3,(H,17,18). The van der Waals surface area contributed by atoms with E-state index >= 15 is 0 Å². The molecule has 1 fully saturated rings. The smallest absolute Gasteiger partial charge is 0.304 e. The molecule has 0 aliphatic carbocycles. The van der Waals surface area contributed by atoms with Crippen LogP contribution in [0.15, 0.2) is 30.3 Å². The Hall–Kier alpha value is -1.40. The van der Waals surface area contributed by atoms with Crippen molar-refractivity contribution >= 4 is 15.8 Å². The van der Waals surface area contributed by atoms with E-state index in [9.17, 15) is 13.2 Å². The van der Waals surface area contributed by atoms with E-state index in [4.69, 9.17) is 5.11 Å². The molecule has 0 aromatic heterocycles. The lowest BCUT2D eigenvalue weighted by Crippen LogP contribution is -2.50. The number of hydrogen-bond donors (Lipinski definition) is 1. The zero-order valence-corrected chi connectivity index (χ0v) is 12.9. The summed E-state index contributed by atoms with van der Waals surface area (Å²) in [4.78, 5) is 13.0. The van der Waals surface area contributed by atoms with Gasteiger partial charge in [-0.3, -0.25) is 9.69 Å². The maximum Gasteiger partial charge on any atom is 0.304 e. The Kier molecular flexibility index (Phi) is 5.00. The van der Waals surface area contributed by atoms with Crippen molar-refractivity contribution in [2.75, 3.05) is 24.6 Å². The average molecular weight is 311 g/mol. The van der Waals surface area contributed by atoms with Crippen LogP contribution in [0.2, 0.25) is 0 Å². The van der Waals surface area contributed by atoms with Gasteiger partial charge in [-0.15, -0.1) is 0 Å². The Bertz CT molecular complexity index is 585. The molecule has 0 amide bonds. The van der Waals surface area contributed by atoms with Crippen molar-refractivity contribution in [1.82, 2.24) is 4.90 Å². The molecule has 2 atom stereocenters. The summed E-state index contributed by atoms with van der Waals surface area (Å²) in [5.41, 5.74) is 1.18. The molecule has 1 aromatic rings. The van der Waals surface area contributed by atoms with E-state index in [2.05, 4.69) is 6.92 Å². The van der Waals surface area contributed by atoms with Gasteiger partial charge >= 0.3 is 5.97 Å². The molecule has 0 radical (unpaired) electrons. The van der Waals surface area contributed by atoms with Crippen molar-refractivity contribution in [3.8, 4) is 0 Å². The lowest BCUT2D eigenvalue weighted by Gasteiger charge is -2.36. The highest BCUT2D eigenvalue weighted by molar-refractivity contribution is 7.91. The first-order valence-corrected chi connectivity index (χ1v) is 8.91. The van der Waals surface area contributed by atoms with E-state index in [0.29, 0.717) is 13.1 Å². The Balaban J connectivity index is 2.07. The molecule has 0 bridgehead atoms. The SMILES string of the molecule is CC(CN1CCS(=O)(=O)CC1CC(=O)O)c1ccccc1. The van der Waals surface area contributed by atoms with Crippen LogP contribution in [0.25, 0.3) is 0 Å². The fourth-order valence-electron chi connectivity index (χ4n) is 2.79. The van der Waals surface area contributed by atoms with Gasteiger partial charge in [0.25, 0.3) is 0 Å². The first kappa shape index (κ1) is 16.0. The predicted molar refractivity (Wildman–Crippen MR) is 81.1 cm³/mol. The molecule has 116 valence electrons. The Morgan fingerprint density at radius 1 is 1.38 bits per heavy atom. The lowest BCUT2D eigenvalue weighted by atomic mass is 9.99. The molecule has 1 heterocycles. The highest BCUT2D eigenvalue weighted by atomic mass is 32.2. The van der Waals surface area contributed by atoms with Crippen LogP contribution in [0.3, 0.4) is 0 Å². The minimum atomic E-state index is -3.12. The van der Waals surface area contributed by atoms with Crippen molar-refractivity contribution in [2.45, 2.75) is 25.3 Å². The van der Waals surface area contributed by atoms with Gasteiger partial charge in [0, 0.05) is 19.1 Å². The van der Waals surface area contributed by atoms with Gasteiger partial charge in [0.15, 0.2) is 9.84 Å². The van der Waals surface area contributed by atoms with Gasteiger partial charge < -0.3 is 5.11 Å². The number of rotatable bonds is 5. The molecule has 2 unspecified atom stereocenters. The minimum Gasteiger partial charge on any atom is -0.481 e. The Morgan fingerprint density at radius 3 is 2.67 bits per heavy atom. The van der Waals surface area contributed by atoms with E-state index in [1.807, 2.05) is 35.2 Å². The topological polar surface area (TPSA) is 74.7 Å². The van der Waals surface area contributed by atoms with Gasteiger partial charge in [-0.05, 0) is 11.5 Å². The van der Waals surface area contributed by atoms with Crippen LogP contribution in [-0.4, -0.2) is 55.0 Å². The monoisotopic (exact) mass is 311 g/mol. The second kappa shape index (κ2) is 6.58. The van der Waals surface area contributed by atoms with Crippen LogP contribution in [0.5, 0.6) is 0 Å². The summed E-state index contributed by atoms with van der Waals surface area (Å²) in [5, 5.41) is 8.98. The largest absolute Gasteiger partial charge is 0.481 e. The number of carbonyl (C=O) groups is 1. The van der Waals surface area contributed by atoms with Crippen molar-refractivity contribution in [2.24, 2.45) is 0 Å². The quantitative estimate of drug-likeness (QED) is 0.889. The minimum absolute atomic E-state index is 0.0548. The molecule has 1 saturated heterocycles. The van der Waals surface area contributed by atoms with E-state index < -0.39 is 21.8 Å². The molecule has 1 aromatic carbocycles. The highest BCUT2D eigenvalue weighted by Gasteiger charge is 2.33. The average Bonchev–Trinajstić information content (AvgIpc) is 2.41. The Morgan fingerprint density at radius 2 is 2.05 bits per heavy atom. The van der Waals surface area contributed by atoms with E-state index in [-0.39, 0.29) is 23.8 Å². The fourth-order valence-corrected chi connectivity index (χ4v) is 4.38. The number of sulfone groups is 1. The van der Waals surface area contributed by atoms with Crippen molar-refractivity contribution in [3.05, 3.63) is 35.9 Å². The third-order valence-electron chi connectivity index (χ3n) is 3.94. The number of carboxylic acid groups (broad SMARTS) is 1. The molecule has 2 rings (SSSR count). The summed E-state index contributed by atoms with van der Waals surface area (Å²) in [7, 11) is -3.12. The third-order valence-corrected chi connectivity index (χ3v) is 5.64. The van der Waals surface area contributed by atoms with Crippen LogP contribution >= 0.6 is 0 Å². The summed E-state index contributed by atoms with van der Waals surface area (Å²) in [6.45, 7) is 3.17. The second-order valence-corrected chi connectivity index (χ2v) is 7.90. The first-order valence-electron chi connectivity index (χ1n) is 7.08. The summed E-state index contributed by atoms with van der Waals surface area (Å²) in [6, 6.07) is 9.56. The third kappa shape index (κ3) is 4.54. The summed E-state index contributed by atoms with van der Waals surface area (Å²) >= 11 is 0. The number of nitrogens with zero attached hydrogens (tertiary/aromatic N) is 1. The summed E-state index contributed by atoms with van der Waals surface area (Å²) in [6.07, 6.45) is -0.124. The molecule has 1 aliphatic rings. The second-order valence-electron chi connectivity index (χ2n) is 5.67. The molecule has 0 spiro atoms. The lowest BCUT2D eigenvalue weighted by molar-refractivity contribution is -0.138. The molecule has 0 saturated carbocycles. The number of aliphatic carboxylic acids is 1. The highest BCUT2D eigenvalue weighted by Crippen LogP contribution is 2.21. The van der Waals surface area contributed by atoms with Crippen molar-refractivity contribution in [1.29, 1.82) is 0 Å². The molecule has 1 N–H and O–H groups in total. The number of carboxylic acids is 1. The van der Waals surface area contributed by atoms with Gasteiger partial charge in [0.2, 0.25) is 0 Å². The number of benzene rings is 1. The van der Waals surface area contributed by atoms with Gasteiger partial charge in [0.05, 0.1) is 17.9 Å². The zero-order chi connectivity index (χ0) is 15.5. The van der Waals surface area contributed by atoms with Crippen molar-refractivity contribution in [3.63, 3.8) is 0 Å². The molecule has 1 aliphatic heterocycles. The molecule has 21 heavy (non-hydrogen) atoms. The normalized spacial score (nSPS) is 23.6. The summed E-state index contributed by atoms with van der Waals surface area (Å²) < 4.78 is 23.4.